The predicted octanol–water partition coefficient (Wildman–Crippen LogP) is 4.14. The minimum absolute atomic E-state index is 0.0810. The first kappa shape index (κ1) is 22.0. The zero-order valence-electron chi connectivity index (χ0n) is 14.2. The van der Waals surface area contributed by atoms with Gasteiger partial charge >= 0.3 is 16.5 Å². The number of alkyl halides is 3. The summed E-state index contributed by atoms with van der Waals surface area (Å²) in [6.07, 6.45) is -6.18. The second-order valence-corrected chi connectivity index (χ2v) is 9.56. The largest absolute Gasteiger partial charge is 0.573 e. The predicted molar refractivity (Wildman–Crippen MR) is 85.4 cm³/mol. The fraction of sp³-hybridized carbons (Fsp3) is 0.571. The maximum Gasteiger partial charge on any atom is 0.573 e. The topological polar surface area (TPSA) is 78.9 Å². The number of halogens is 3. The van der Waals surface area contributed by atoms with Gasteiger partial charge in [0.05, 0.1) is 6.10 Å². The van der Waals surface area contributed by atoms with Crippen LogP contribution in [0.2, 0.25) is 0 Å². The Morgan fingerprint density at radius 1 is 1.24 bits per heavy atom. The molecule has 0 aliphatic heterocycles. The van der Waals surface area contributed by atoms with Crippen molar-refractivity contribution in [3.8, 4) is 5.75 Å². The molecular formula is C14H20F3O6PS. The minimum Gasteiger partial charge on any atom is -0.404 e. The summed E-state index contributed by atoms with van der Waals surface area (Å²) < 4.78 is 88.2. The SMILES string of the molecule is CCc1cccc(OC(F)(F)F)c1S(=O)(=O)OCP(C)(=O)OC(C)C. The molecule has 0 radical (unpaired) electrons. The van der Waals surface area contributed by atoms with E-state index < -0.39 is 46.9 Å². The highest BCUT2D eigenvalue weighted by Crippen LogP contribution is 2.45. The van der Waals surface area contributed by atoms with Gasteiger partial charge < -0.3 is 9.26 Å². The van der Waals surface area contributed by atoms with Crippen LogP contribution < -0.4 is 4.74 Å². The van der Waals surface area contributed by atoms with Crippen LogP contribution in [0.5, 0.6) is 5.75 Å². The maximum atomic E-state index is 12.5. The van der Waals surface area contributed by atoms with Gasteiger partial charge in [-0.25, -0.2) is 0 Å². The van der Waals surface area contributed by atoms with Crippen LogP contribution in [-0.2, 0) is 29.8 Å². The van der Waals surface area contributed by atoms with E-state index >= 15 is 0 Å². The van der Waals surface area contributed by atoms with E-state index in [-0.39, 0.29) is 12.0 Å². The summed E-state index contributed by atoms with van der Waals surface area (Å²) in [6, 6.07) is 3.46. The van der Waals surface area contributed by atoms with E-state index in [0.717, 1.165) is 6.07 Å². The van der Waals surface area contributed by atoms with Crippen molar-refractivity contribution in [1.82, 2.24) is 0 Å². The molecule has 0 aliphatic carbocycles. The number of hydrogen-bond acceptors (Lipinski definition) is 6. The van der Waals surface area contributed by atoms with Crippen molar-refractivity contribution in [1.29, 1.82) is 0 Å². The summed E-state index contributed by atoms with van der Waals surface area (Å²) in [7, 11) is -8.06. The van der Waals surface area contributed by atoms with Crippen molar-refractivity contribution < 1.29 is 39.6 Å². The number of aryl methyl sites for hydroxylation is 1. The fourth-order valence-corrected chi connectivity index (χ4v) is 5.31. The molecule has 0 amide bonds. The summed E-state index contributed by atoms with van der Waals surface area (Å²) in [4.78, 5) is -0.737. The van der Waals surface area contributed by atoms with Gasteiger partial charge in [0.15, 0.2) is 5.75 Å². The van der Waals surface area contributed by atoms with E-state index in [1.54, 1.807) is 20.8 Å². The standard InChI is InChI=1S/C14H20F3O6PS/c1-5-11-7-6-8-12(22-14(15,16)17)13(11)25(19,20)21-9-24(4,18)23-10(2)3/h6-8,10H,5,9H2,1-4H3. The first-order chi connectivity index (χ1) is 11.3. The Balaban J connectivity index is 3.22. The Morgan fingerprint density at radius 3 is 2.32 bits per heavy atom. The summed E-state index contributed by atoms with van der Waals surface area (Å²) >= 11 is 0. The van der Waals surface area contributed by atoms with Gasteiger partial charge in [0.25, 0.3) is 0 Å². The molecule has 1 aromatic rings. The highest BCUT2D eigenvalue weighted by molar-refractivity contribution is 7.87. The number of hydrogen-bond donors (Lipinski definition) is 0. The Kier molecular flexibility index (Phi) is 7.09. The number of ether oxygens (including phenoxy) is 1. The van der Waals surface area contributed by atoms with Crippen molar-refractivity contribution >= 4 is 17.5 Å². The lowest BCUT2D eigenvalue weighted by molar-refractivity contribution is -0.275. The summed E-state index contributed by atoms with van der Waals surface area (Å²) in [5, 5.41) is 0. The lowest BCUT2D eigenvalue weighted by atomic mass is 10.1. The third-order valence-corrected chi connectivity index (χ3v) is 5.83. The Morgan fingerprint density at radius 2 is 1.84 bits per heavy atom. The molecule has 0 fully saturated rings. The molecule has 0 bridgehead atoms. The van der Waals surface area contributed by atoms with Crippen molar-refractivity contribution in [3.63, 3.8) is 0 Å². The van der Waals surface area contributed by atoms with Crippen molar-refractivity contribution in [3.05, 3.63) is 23.8 Å². The van der Waals surface area contributed by atoms with Crippen molar-refractivity contribution in [2.45, 2.75) is 44.6 Å². The first-order valence-electron chi connectivity index (χ1n) is 7.29. The number of benzene rings is 1. The molecule has 0 saturated carbocycles. The Hall–Kier alpha value is -1.09. The molecular weight excluding hydrogens is 384 g/mol. The molecule has 0 aliphatic rings. The molecule has 1 rings (SSSR count). The Labute approximate surface area is 144 Å². The van der Waals surface area contributed by atoms with Gasteiger partial charge in [-0.2, -0.15) is 8.42 Å². The van der Waals surface area contributed by atoms with Gasteiger partial charge in [0.1, 0.15) is 11.2 Å². The first-order valence-corrected chi connectivity index (χ1v) is 11.0. The second kappa shape index (κ2) is 8.07. The summed E-state index contributed by atoms with van der Waals surface area (Å²) in [5.74, 6) is -0.900. The zero-order chi connectivity index (χ0) is 19.5. The van der Waals surface area contributed by atoms with E-state index in [1.807, 2.05) is 0 Å². The van der Waals surface area contributed by atoms with Gasteiger partial charge in [-0.1, -0.05) is 19.1 Å². The van der Waals surface area contributed by atoms with E-state index in [0.29, 0.717) is 0 Å². The smallest absolute Gasteiger partial charge is 0.404 e. The van der Waals surface area contributed by atoms with Crippen LogP contribution in [0.15, 0.2) is 23.1 Å². The average molecular weight is 404 g/mol. The summed E-state index contributed by atoms with van der Waals surface area (Å²) in [5.41, 5.74) is 0.0810. The average Bonchev–Trinajstić information content (AvgIpc) is 2.42. The molecule has 0 N–H and O–H groups in total. The molecule has 1 aromatic carbocycles. The zero-order valence-corrected chi connectivity index (χ0v) is 15.9. The lowest BCUT2D eigenvalue weighted by Gasteiger charge is -2.19. The van der Waals surface area contributed by atoms with Crippen LogP contribution in [0.3, 0.4) is 0 Å². The van der Waals surface area contributed by atoms with Crippen molar-refractivity contribution in [2.24, 2.45) is 0 Å². The van der Waals surface area contributed by atoms with E-state index in [9.17, 15) is 26.2 Å². The van der Waals surface area contributed by atoms with Crippen LogP contribution in [0.1, 0.15) is 26.3 Å². The van der Waals surface area contributed by atoms with E-state index in [1.165, 1.54) is 18.8 Å². The van der Waals surface area contributed by atoms with Gasteiger partial charge in [-0.05, 0) is 31.9 Å². The molecule has 1 atom stereocenters. The van der Waals surface area contributed by atoms with Gasteiger partial charge in [0, 0.05) is 6.66 Å². The highest BCUT2D eigenvalue weighted by atomic mass is 32.2. The molecule has 6 nitrogen and oxygen atoms in total. The van der Waals surface area contributed by atoms with Crippen molar-refractivity contribution in [2.75, 3.05) is 13.0 Å². The molecule has 0 aromatic heterocycles. The van der Waals surface area contributed by atoms with Crippen LogP contribution in [-0.4, -0.2) is 33.9 Å². The quantitative estimate of drug-likeness (QED) is 0.479. The third-order valence-electron chi connectivity index (χ3n) is 2.79. The highest BCUT2D eigenvalue weighted by Gasteiger charge is 2.36. The molecule has 0 heterocycles. The molecule has 0 spiro atoms. The van der Waals surface area contributed by atoms with Gasteiger partial charge in [0.2, 0.25) is 7.37 Å². The molecule has 11 heteroatoms. The van der Waals surface area contributed by atoms with E-state index in [2.05, 4.69) is 4.74 Å². The number of rotatable bonds is 8. The maximum absolute atomic E-state index is 12.5. The van der Waals surface area contributed by atoms with Gasteiger partial charge in [-0.15, -0.1) is 13.2 Å². The monoisotopic (exact) mass is 404 g/mol. The Bertz CT molecular complexity index is 745. The molecule has 25 heavy (non-hydrogen) atoms. The van der Waals surface area contributed by atoms with E-state index in [4.69, 9.17) is 8.71 Å². The van der Waals surface area contributed by atoms with Crippen LogP contribution in [0.4, 0.5) is 13.2 Å². The fourth-order valence-electron chi connectivity index (χ4n) is 2.03. The summed E-state index contributed by atoms with van der Waals surface area (Å²) in [6.45, 7) is 5.96. The third kappa shape index (κ3) is 6.97. The van der Waals surface area contributed by atoms with Crippen LogP contribution in [0, 0.1) is 0 Å². The second-order valence-electron chi connectivity index (χ2n) is 5.52. The molecule has 1 unspecified atom stereocenters. The van der Waals surface area contributed by atoms with Crippen LogP contribution >= 0.6 is 7.37 Å². The molecule has 144 valence electrons. The van der Waals surface area contributed by atoms with Crippen LogP contribution in [0.25, 0.3) is 0 Å². The molecule has 0 saturated heterocycles. The van der Waals surface area contributed by atoms with Gasteiger partial charge in [-0.3, -0.25) is 8.75 Å². The minimum atomic E-state index is -5.07. The lowest BCUT2D eigenvalue weighted by Crippen LogP contribution is -2.20. The normalized spacial score (nSPS) is 15.2.